The number of ether oxygens (including phenoxy) is 1. The van der Waals surface area contributed by atoms with Crippen molar-refractivity contribution in [2.24, 2.45) is 5.92 Å². The Hall–Kier alpha value is -0.600. The van der Waals surface area contributed by atoms with Crippen LogP contribution in [0.15, 0.2) is 10.6 Å². The van der Waals surface area contributed by atoms with Crippen molar-refractivity contribution in [1.82, 2.24) is 4.90 Å². The van der Waals surface area contributed by atoms with Gasteiger partial charge in [-0.15, -0.1) is 0 Å². The maximum absolute atomic E-state index is 11.9. The number of halogens is 1. The Morgan fingerprint density at radius 2 is 2.10 bits per heavy atom. The van der Waals surface area contributed by atoms with Crippen LogP contribution in [0.2, 0.25) is 0 Å². The third-order valence-electron chi connectivity index (χ3n) is 3.74. The quantitative estimate of drug-likeness (QED) is 0.242. The summed E-state index contributed by atoms with van der Waals surface area (Å²) in [6.45, 7) is 1.46. The number of amides is 1. The number of carboxylic acids is 1. The zero-order valence-electron chi connectivity index (χ0n) is 11.8. The fourth-order valence-electron chi connectivity index (χ4n) is 2.85. The predicted molar refractivity (Wildman–Crippen MR) is 64.1 cm³/mol. The monoisotopic (exact) mass is 325 g/mol. The minimum absolute atomic E-state index is 0. The molecule has 110 valence electrons. The molecular weight excluding hydrogens is 313 g/mol. The number of carboxylic acid groups (broad SMARTS) is 1. The molecule has 0 aromatic carbocycles. The molecule has 0 bridgehead atoms. The van der Waals surface area contributed by atoms with Gasteiger partial charge in [-0.3, -0.25) is 4.79 Å². The van der Waals surface area contributed by atoms with Crippen LogP contribution >= 0.6 is 11.6 Å². The molecule has 0 radical (unpaired) electrons. The first-order valence-corrected chi connectivity index (χ1v) is 6.37. The Bertz CT molecular complexity index is 520. The molecule has 2 aliphatic heterocycles. The molecule has 2 heterocycles. The van der Waals surface area contributed by atoms with Crippen molar-refractivity contribution in [3.05, 3.63) is 10.6 Å². The summed E-state index contributed by atoms with van der Waals surface area (Å²) in [5, 5.41) is 20.4. The van der Waals surface area contributed by atoms with Crippen molar-refractivity contribution < 1.29 is 58.9 Å². The number of aliphatic hydroxyl groups excluding tert-OH is 1. The van der Waals surface area contributed by atoms with Crippen LogP contribution in [-0.4, -0.2) is 53.1 Å². The summed E-state index contributed by atoms with van der Waals surface area (Å²) >= 11 is 5.82. The molecule has 0 saturated carbocycles. The SMILES string of the molecule is COC(=O)/C(Cl)=C1/C[C@@H]2[C@@H](C(C)O)C(=O)N2[C@H]1C(=O)[O-].[Na+]. The van der Waals surface area contributed by atoms with Crippen LogP contribution in [-0.2, 0) is 19.1 Å². The second-order valence-electron chi connectivity index (χ2n) is 4.84. The Kier molecular flexibility index (Phi) is 5.85. The molecule has 2 saturated heterocycles. The summed E-state index contributed by atoms with van der Waals surface area (Å²) < 4.78 is 4.45. The van der Waals surface area contributed by atoms with E-state index in [0.717, 1.165) is 12.0 Å². The number of carbonyl (C=O) groups is 3. The first-order chi connectivity index (χ1) is 9.31. The van der Waals surface area contributed by atoms with E-state index < -0.39 is 42.0 Å². The molecule has 0 aliphatic carbocycles. The number of aliphatic carboxylic acids is 1. The molecule has 2 fully saturated rings. The van der Waals surface area contributed by atoms with Crippen LogP contribution in [0.5, 0.6) is 0 Å². The van der Waals surface area contributed by atoms with Gasteiger partial charge in [0.05, 0.1) is 37.2 Å². The smallest absolute Gasteiger partial charge is 0.548 e. The second kappa shape index (κ2) is 6.66. The van der Waals surface area contributed by atoms with Crippen molar-refractivity contribution in [2.75, 3.05) is 7.11 Å². The minimum atomic E-state index is -1.51. The maximum Gasteiger partial charge on any atom is 1.00 e. The Labute approximate surface area is 148 Å². The first kappa shape index (κ1) is 18.4. The number of rotatable bonds is 3. The Morgan fingerprint density at radius 3 is 2.52 bits per heavy atom. The molecule has 2 aliphatic rings. The molecular formula is C12H13ClNNaO6. The minimum Gasteiger partial charge on any atom is -0.548 e. The first-order valence-electron chi connectivity index (χ1n) is 5.99. The molecule has 4 atom stereocenters. The molecule has 0 spiro atoms. The fraction of sp³-hybridized carbons (Fsp3) is 0.583. The van der Waals surface area contributed by atoms with Gasteiger partial charge in [0.25, 0.3) is 0 Å². The predicted octanol–water partition coefficient (Wildman–Crippen LogP) is -4.61. The maximum atomic E-state index is 11.9. The van der Waals surface area contributed by atoms with Gasteiger partial charge in [-0.25, -0.2) is 4.79 Å². The molecule has 1 N–H and O–H groups in total. The van der Waals surface area contributed by atoms with Crippen LogP contribution in [0.4, 0.5) is 0 Å². The van der Waals surface area contributed by atoms with Crippen molar-refractivity contribution in [2.45, 2.75) is 31.5 Å². The van der Waals surface area contributed by atoms with Crippen LogP contribution in [0.3, 0.4) is 0 Å². The molecule has 0 aromatic heterocycles. The molecule has 2 rings (SSSR count). The number of methoxy groups -OCH3 is 1. The van der Waals surface area contributed by atoms with E-state index in [-0.39, 0.29) is 46.6 Å². The van der Waals surface area contributed by atoms with Crippen molar-refractivity contribution in [1.29, 1.82) is 0 Å². The van der Waals surface area contributed by atoms with E-state index in [1.54, 1.807) is 0 Å². The number of esters is 1. The van der Waals surface area contributed by atoms with E-state index in [1.807, 2.05) is 0 Å². The van der Waals surface area contributed by atoms with Gasteiger partial charge in [0.15, 0.2) is 0 Å². The van der Waals surface area contributed by atoms with Gasteiger partial charge >= 0.3 is 35.5 Å². The van der Waals surface area contributed by atoms with Gasteiger partial charge in [0, 0.05) is 0 Å². The second-order valence-corrected chi connectivity index (χ2v) is 5.21. The standard InChI is InChI=1S/C12H14ClNO6.Na/c1-4(15)7-6-3-5(8(13)12(19)20-2)9(11(17)18)14(6)10(7)16;/h4,6-7,9,15H,3H2,1-2H3,(H,17,18);/q;+1/p-1/b8-5+;/t4?,6-,7-,9-;/m1./s1. The molecule has 21 heavy (non-hydrogen) atoms. The number of aliphatic hydroxyl groups is 1. The fourth-order valence-corrected chi connectivity index (χ4v) is 3.11. The number of hydrogen-bond acceptors (Lipinski definition) is 6. The van der Waals surface area contributed by atoms with E-state index in [4.69, 9.17) is 11.6 Å². The van der Waals surface area contributed by atoms with E-state index in [0.29, 0.717) is 0 Å². The van der Waals surface area contributed by atoms with E-state index in [2.05, 4.69) is 4.74 Å². The van der Waals surface area contributed by atoms with E-state index in [1.165, 1.54) is 6.92 Å². The third-order valence-corrected chi connectivity index (χ3v) is 4.14. The molecule has 1 amide bonds. The van der Waals surface area contributed by atoms with Crippen molar-refractivity contribution in [3.8, 4) is 0 Å². The number of nitrogens with zero attached hydrogens (tertiary/aromatic N) is 1. The van der Waals surface area contributed by atoms with Crippen molar-refractivity contribution in [3.63, 3.8) is 0 Å². The number of fused-ring (bicyclic) bond motifs is 1. The van der Waals surface area contributed by atoms with Crippen LogP contribution < -0.4 is 34.7 Å². The van der Waals surface area contributed by atoms with Gasteiger partial charge in [0.1, 0.15) is 5.03 Å². The van der Waals surface area contributed by atoms with E-state index >= 15 is 0 Å². The van der Waals surface area contributed by atoms with Crippen LogP contribution in [0, 0.1) is 5.92 Å². The molecule has 9 heteroatoms. The third kappa shape index (κ3) is 2.85. The number of β-lactam (4-membered cyclic amide) rings is 1. The largest absolute Gasteiger partial charge is 1.00 e. The zero-order valence-corrected chi connectivity index (χ0v) is 14.6. The average molecular weight is 326 g/mol. The zero-order chi connectivity index (χ0) is 15.2. The Morgan fingerprint density at radius 1 is 1.52 bits per heavy atom. The van der Waals surface area contributed by atoms with Gasteiger partial charge in [-0.05, 0) is 18.9 Å². The van der Waals surface area contributed by atoms with Gasteiger partial charge in [-0.2, -0.15) is 0 Å². The summed E-state index contributed by atoms with van der Waals surface area (Å²) in [6, 6.07) is -1.87. The summed E-state index contributed by atoms with van der Waals surface area (Å²) in [5.41, 5.74) is 0.0833. The summed E-state index contributed by atoms with van der Waals surface area (Å²) in [5.74, 6) is -3.54. The average Bonchev–Trinajstić information content (AvgIpc) is 2.71. The van der Waals surface area contributed by atoms with Gasteiger partial charge < -0.3 is 24.6 Å². The van der Waals surface area contributed by atoms with Gasteiger partial charge in [0.2, 0.25) is 5.91 Å². The summed E-state index contributed by atoms with van der Waals surface area (Å²) in [6.07, 6.45) is -0.796. The molecule has 0 aromatic rings. The Balaban J connectivity index is 0.00000220. The topological polar surface area (TPSA) is 107 Å². The summed E-state index contributed by atoms with van der Waals surface area (Å²) in [7, 11) is 1.12. The van der Waals surface area contributed by atoms with Crippen LogP contribution in [0.1, 0.15) is 13.3 Å². The number of carbonyl (C=O) groups excluding carboxylic acids is 3. The summed E-state index contributed by atoms with van der Waals surface area (Å²) in [4.78, 5) is 35.6. The van der Waals surface area contributed by atoms with Gasteiger partial charge in [-0.1, -0.05) is 11.6 Å². The molecule has 1 unspecified atom stereocenters. The molecule has 7 nitrogen and oxygen atoms in total. The number of hydrogen-bond donors (Lipinski definition) is 1. The van der Waals surface area contributed by atoms with E-state index in [9.17, 15) is 24.6 Å². The van der Waals surface area contributed by atoms with Crippen LogP contribution in [0.25, 0.3) is 0 Å². The van der Waals surface area contributed by atoms with Crippen molar-refractivity contribution >= 4 is 29.4 Å². The normalized spacial score (nSPS) is 30.8.